The summed E-state index contributed by atoms with van der Waals surface area (Å²) >= 11 is 0. The molecular weight excluding hydrogens is 226 g/mol. The first-order valence-corrected chi connectivity index (χ1v) is 6.81. The Bertz CT molecular complexity index is 458. The maximum absolute atomic E-state index is 12.4. The molecule has 0 saturated heterocycles. The summed E-state index contributed by atoms with van der Waals surface area (Å²) in [5.41, 5.74) is 2.00. The highest BCUT2D eigenvalue weighted by molar-refractivity contribution is 5.96. The van der Waals surface area contributed by atoms with E-state index >= 15 is 0 Å². The molecule has 1 N–H and O–H groups in total. The molecule has 2 aliphatic rings. The van der Waals surface area contributed by atoms with Crippen LogP contribution in [0.3, 0.4) is 0 Å². The SMILES string of the molecule is O=C1c2ccccc2CCN1CC1CCCC1O. The topological polar surface area (TPSA) is 40.5 Å². The van der Waals surface area contributed by atoms with E-state index < -0.39 is 0 Å². The second-order valence-electron chi connectivity index (χ2n) is 5.42. The third-order valence-electron chi connectivity index (χ3n) is 4.26. The molecule has 0 radical (unpaired) electrons. The van der Waals surface area contributed by atoms with Crippen molar-refractivity contribution in [2.75, 3.05) is 13.1 Å². The Kier molecular flexibility index (Phi) is 3.08. The van der Waals surface area contributed by atoms with Crippen molar-refractivity contribution in [1.82, 2.24) is 4.90 Å². The van der Waals surface area contributed by atoms with Gasteiger partial charge in [0.05, 0.1) is 6.10 Å². The van der Waals surface area contributed by atoms with Crippen LogP contribution in [0.15, 0.2) is 24.3 Å². The molecular formula is C15H19NO2. The van der Waals surface area contributed by atoms with Gasteiger partial charge in [0.1, 0.15) is 0 Å². The molecule has 3 rings (SSSR count). The zero-order chi connectivity index (χ0) is 12.5. The van der Waals surface area contributed by atoms with E-state index in [1.807, 2.05) is 29.2 Å². The number of benzene rings is 1. The summed E-state index contributed by atoms with van der Waals surface area (Å²) in [5.74, 6) is 0.412. The van der Waals surface area contributed by atoms with E-state index in [0.29, 0.717) is 6.54 Å². The first-order chi connectivity index (χ1) is 8.75. The summed E-state index contributed by atoms with van der Waals surface area (Å²) in [6.07, 6.45) is 3.75. The quantitative estimate of drug-likeness (QED) is 0.863. The Morgan fingerprint density at radius 2 is 2.11 bits per heavy atom. The number of rotatable bonds is 2. The molecule has 3 nitrogen and oxygen atoms in total. The first kappa shape index (κ1) is 11.7. The van der Waals surface area contributed by atoms with E-state index in [1.54, 1.807) is 0 Å². The molecule has 1 aromatic carbocycles. The van der Waals surface area contributed by atoms with Crippen LogP contribution >= 0.6 is 0 Å². The van der Waals surface area contributed by atoms with E-state index in [1.165, 1.54) is 0 Å². The second-order valence-corrected chi connectivity index (χ2v) is 5.42. The van der Waals surface area contributed by atoms with Gasteiger partial charge in [-0.25, -0.2) is 0 Å². The summed E-state index contributed by atoms with van der Waals surface area (Å²) in [6.45, 7) is 1.51. The van der Waals surface area contributed by atoms with Gasteiger partial charge in [-0.05, 0) is 30.9 Å². The Morgan fingerprint density at radius 3 is 2.89 bits per heavy atom. The second kappa shape index (κ2) is 4.73. The van der Waals surface area contributed by atoms with Crippen molar-refractivity contribution in [3.8, 4) is 0 Å². The Morgan fingerprint density at radius 1 is 1.28 bits per heavy atom. The molecule has 1 fully saturated rings. The van der Waals surface area contributed by atoms with Gasteiger partial charge in [0.2, 0.25) is 0 Å². The fraction of sp³-hybridized carbons (Fsp3) is 0.533. The lowest BCUT2D eigenvalue weighted by Gasteiger charge is -2.31. The number of carbonyl (C=O) groups excluding carboxylic acids is 1. The Labute approximate surface area is 107 Å². The summed E-state index contributed by atoms with van der Waals surface area (Å²) < 4.78 is 0. The lowest BCUT2D eigenvalue weighted by atomic mass is 9.97. The van der Waals surface area contributed by atoms with Crippen LogP contribution in [0, 0.1) is 5.92 Å². The molecule has 0 aromatic heterocycles. The average molecular weight is 245 g/mol. The average Bonchev–Trinajstić information content (AvgIpc) is 2.79. The van der Waals surface area contributed by atoms with E-state index in [2.05, 4.69) is 0 Å². The number of hydrogen-bond donors (Lipinski definition) is 1. The maximum Gasteiger partial charge on any atom is 0.254 e. The molecule has 0 spiro atoms. The number of carbonyl (C=O) groups is 1. The number of fused-ring (bicyclic) bond motifs is 1. The predicted molar refractivity (Wildman–Crippen MR) is 69.4 cm³/mol. The van der Waals surface area contributed by atoms with Crippen molar-refractivity contribution in [3.63, 3.8) is 0 Å². The normalized spacial score (nSPS) is 27.4. The molecule has 2 atom stereocenters. The molecule has 1 saturated carbocycles. The number of aliphatic hydroxyl groups is 1. The van der Waals surface area contributed by atoms with Crippen molar-refractivity contribution in [1.29, 1.82) is 0 Å². The van der Waals surface area contributed by atoms with Crippen LogP contribution < -0.4 is 0 Å². The Balaban J connectivity index is 1.74. The molecule has 1 aliphatic carbocycles. The monoisotopic (exact) mass is 245 g/mol. The van der Waals surface area contributed by atoms with Crippen LogP contribution in [0.2, 0.25) is 0 Å². The Hall–Kier alpha value is -1.35. The van der Waals surface area contributed by atoms with Crippen molar-refractivity contribution >= 4 is 5.91 Å². The van der Waals surface area contributed by atoms with Crippen molar-refractivity contribution in [3.05, 3.63) is 35.4 Å². The zero-order valence-corrected chi connectivity index (χ0v) is 10.5. The molecule has 18 heavy (non-hydrogen) atoms. The smallest absolute Gasteiger partial charge is 0.254 e. The molecule has 96 valence electrons. The molecule has 1 amide bonds. The fourth-order valence-electron chi connectivity index (χ4n) is 3.16. The molecule has 1 aliphatic heterocycles. The van der Waals surface area contributed by atoms with Crippen molar-refractivity contribution < 1.29 is 9.90 Å². The first-order valence-electron chi connectivity index (χ1n) is 6.81. The number of hydrogen-bond acceptors (Lipinski definition) is 2. The molecule has 1 heterocycles. The predicted octanol–water partition coefficient (Wildman–Crippen LogP) is 1.85. The minimum atomic E-state index is -0.213. The van der Waals surface area contributed by atoms with Crippen molar-refractivity contribution in [2.24, 2.45) is 5.92 Å². The largest absolute Gasteiger partial charge is 0.393 e. The van der Waals surface area contributed by atoms with Gasteiger partial charge < -0.3 is 10.0 Å². The highest BCUT2D eigenvalue weighted by Crippen LogP contribution is 2.28. The van der Waals surface area contributed by atoms with Gasteiger partial charge in [0.25, 0.3) is 5.91 Å². The van der Waals surface area contributed by atoms with Crippen LogP contribution in [0.25, 0.3) is 0 Å². The highest BCUT2D eigenvalue weighted by Gasteiger charge is 2.31. The van der Waals surface area contributed by atoms with E-state index in [-0.39, 0.29) is 17.9 Å². The van der Waals surface area contributed by atoms with Crippen LogP contribution in [0.1, 0.15) is 35.2 Å². The van der Waals surface area contributed by atoms with Gasteiger partial charge in [0, 0.05) is 24.6 Å². The number of amides is 1. The van der Waals surface area contributed by atoms with Gasteiger partial charge in [-0.3, -0.25) is 4.79 Å². The highest BCUT2D eigenvalue weighted by atomic mass is 16.3. The minimum Gasteiger partial charge on any atom is -0.393 e. The van der Waals surface area contributed by atoms with Crippen LogP contribution in [-0.4, -0.2) is 35.1 Å². The third-order valence-corrected chi connectivity index (χ3v) is 4.26. The van der Waals surface area contributed by atoms with Crippen LogP contribution in [-0.2, 0) is 6.42 Å². The summed E-state index contributed by atoms with van der Waals surface area (Å²) in [7, 11) is 0. The molecule has 3 heteroatoms. The van der Waals surface area contributed by atoms with Crippen molar-refractivity contribution in [2.45, 2.75) is 31.8 Å². The zero-order valence-electron chi connectivity index (χ0n) is 10.5. The number of nitrogens with zero attached hydrogens (tertiary/aromatic N) is 1. The lowest BCUT2D eigenvalue weighted by Crippen LogP contribution is -2.41. The molecule has 1 aromatic rings. The van der Waals surface area contributed by atoms with Gasteiger partial charge in [-0.2, -0.15) is 0 Å². The molecule has 2 unspecified atom stereocenters. The molecule has 0 bridgehead atoms. The number of aliphatic hydroxyl groups excluding tert-OH is 1. The fourth-order valence-corrected chi connectivity index (χ4v) is 3.16. The minimum absolute atomic E-state index is 0.135. The van der Waals surface area contributed by atoms with Gasteiger partial charge in [-0.1, -0.05) is 24.6 Å². The van der Waals surface area contributed by atoms with Gasteiger partial charge in [0.15, 0.2) is 0 Å². The van der Waals surface area contributed by atoms with E-state index in [4.69, 9.17) is 0 Å². The summed E-state index contributed by atoms with van der Waals surface area (Å²) in [6, 6.07) is 7.86. The third kappa shape index (κ3) is 2.03. The lowest BCUT2D eigenvalue weighted by molar-refractivity contribution is 0.0622. The summed E-state index contributed by atoms with van der Waals surface area (Å²) in [4.78, 5) is 14.3. The van der Waals surface area contributed by atoms with E-state index in [0.717, 1.165) is 43.4 Å². The maximum atomic E-state index is 12.4. The standard InChI is InChI=1S/C15H19NO2/c17-14-7-3-5-12(14)10-16-9-8-11-4-1-2-6-13(11)15(16)18/h1-2,4,6,12,14,17H,3,5,7-10H2. The summed E-state index contributed by atoms with van der Waals surface area (Å²) in [5, 5.41) is 9.86. The van der Waals surface area contributed by atoms with Gasteiger partial charge >= 0.3 is 0 Å². The van der Waals surface area contributed by atoms with Crippen LogP contribution in [0.5, 0.6) is 0 Å². The van der Waals surface area contributed by atoms with Gasteiger partial charge in [-0.15, -0.1) is 0 Å². The van der Waals surface area contributed by atoms with Crippen LogP contribution in [0.4, 0.5) is 0 Å². The van der Waals surface area contributed by atoms with E-state index in [9.17, 15) is 9.90 Å².